The van der Waals surface area contributed by atoms with Crippen LogP contribution < -0.4 is 5.69 Å². The average molecular weight is 224 g/mol. The van der Waals surface area contributed by atoms with E-state index in [4.69, 9.17) is 0 Å². The fraction of sp³-hybridized carbons (Fsp3) is 0.250. The van der Waals surface area contributed by atoms with Crippen molar-refractivity contribution in [3.05, 3.63) is 28.0 Å². The first-order valence-corrected chi connectivity index (χ1v) is 5.12. The van der Waals surface area contributed by atoms with Crippen LogP contribution in [0.25, 0.3) is 5.00 Å². The Morgan fingerprint density at radius 3 is 2.93 bits per heavy atom. The Morgan fingerprint density at radius 2 is 2.33 bits per heavy atom. The summed E-state index contributed by atoms with van der Waals surface area (Å²) in [6.45, 7) is 1.36. The van der Waals surface area contributed by atoms with Gasteiger partial charge in [-0.15, -0.1) is 11.3 Å². The molecule has 0 saturated carbocycles. The number of ketones is 1. The van der Waals surface area contributed by atoms with Crippen molar-refractivity contribution in [2.75, 3.05) is 0 Å². The van der Waals surface area contributed by atoms with Crippen LogP contribution in [0.2, 0.25) is 0 Å². The van der Waals surface area contributed by atoms with Crippen LogP contribution in [0, 0.1) is 0 Å². The lowest BCUT2D eigenvalue weighted by Crippen LogP contribution is -2.26. The fourth-order valence-corrected chi connectivity index (χ4v) is 1.78. The van der Waals surface area contributed by atoms with Gasteiger partial charge in [0.1, 0.15) is 11.5 Å². The van der Waals surface area contributed by atoms with Gasteiger partial charge in [0.05, 0.1) is 0 Å². The fourth-order valence-electron chi connectivity index (χ4n) is 1.11. The second kappa shape index (κ2) is 3.77. The normalized spacial score (nSPS) is 10.5. The summed E-state index contributed by atoms with van der Waals surface area (Å²) in [5.41, 5.74) is -0.396. The van der Waals surface area contributed by atoms with Gasteiger partial charge in [-0.3, -0.25) is 4.79 Å². The third kappa shape index (κ3) is 1.86. The Bertz CT molecular complexity index is 525. The largest absolute Gasteiger partial charge is 0.369 e. The number of Topliss-reactive ketones (excluding diaryl/α,β-unsaturated/α-hetero) is 1. The SMILES string of the molecule is CC(=O)Cn1nnn(-c2cccs2)c1=O. The van der Waals surface area contributed by atoms with Crippen molar-refractivity contribution < 1.29 is 4.79 Å². The van der Waals surface area contributed by atoms with Crippen LogP contribution in [0.4, 0.5) is 0 Å². The van der Waals surface area contributed by atoms with Crippen molar-refractivity contribution in [3.8, 4) is 5.00 Å². The molecule has 78 valence electrons. The number of carbonyl (C=O) groups is 1. The van der Waals surface area contributed by atoms with Crippen LogP contribution in [0.15, 0.2) is 22.3 Å². The Morgan fingerprint density at radius 1 is 1.53 bits per heavy atom. The van der Waals surface area contributed by atoms with Crippen LogP contribution >= 0.6 is 11.3 Å². The molecule has 0 aliphatic rings. The van der Waals surface area contributed by atoms with Gasteiger partial charge in [0, 0.05) is 0 Å². The topological polar surface area (TPSA) is 69.8 Å². The lowest BCUT2D eigenvalue weighted by molar-refractivity contribution is -0.117. The van der Waals surface area contributed by atoms with Gasteiger partial charge in [-0.25, -0.2) is 4.79 Å². The number of rotatable bonds is 3. The van der Waals surface area contributed by atoms with Gasteiger partial charge < -0.3 is 0 Å². The van der Waals surface area contributed by atoms with Gasteiger partial charge >= 0.3 is 5.69 Å². The molecule has 0 saturated heterocycles. The van der Waals surface area contributed by atoms with E-state index in [1.54, 1.807) is 6.07 Å². The van der Waals surface area contributed by atoms with Gasteiger partial charge in [-0.1, -0.05) is 0 Å². The molecule has 0 atom stereocenters. The summed E-state index contributed by atoms with van der Waals surface area (Å²) in [5, 5.41) is 9.83. The third-order valence-corrected chi connectivity index (χ3v) is 2.57. The molecule has 0 radical (unpaired) electrons. The predicted octanol–water partition coefficient (Wildman–Crippen LogP) is 0.0795. The summed E-state index contributed by atoms with van der Waals surface area (Å²) in [6.07, 6.45) is 0. The van der Waals surface area contributed by atoms with E-state index in [9.17, 15) is 9.59 Å². The summed E-state index contributed by atoms with van der Waals surface area (Å²) in [6, 6.07) is 3.58. The van der Waals surface area contributed by atoms with E-state index in [-0.39, 0.29) is 12.3 Å². The number of hydrogen-bond donors (Lipinski definition) is 0. The van der Waals surface area contributed by atoms with Crippen molar-refractivity contribution >= 4 is 17.1 Å². The standard InChI is InChI=1S/C8H8N4O2S/c1-6(13)5-11-8(14)12(10-9-11)7-3-2-4-15-7/h2-4H,5H2,1H3. The van der Waals surface area contributed by atoms with E-state index in [1.165, 1.54) is 22.9 Å². The molecule has 2 aromatic rings. The molecule has 7 heteroatoms. The molecule has 15 heavy (non-hydrogen) atoms. The first-order valence-electron chi connectivity index (χ1n) is 4.24. The maximum Gasteiger partial charge on any atom is 0.369 e. The quantitative estimate of drug-likeness (QED) is 0.740. The van der Waals surface area contributed by atoms with E-state index in [1.807, 2.05) is 11.4 Å². The zero-order chi connectivity index (χ0) is 10.8. The first kappa shape index (κ1) is 9.78. The minimum atomic E-state index is -0.396. The second-order valence-corrected chi connectivity index (χ2v) is 3.91. The maximum atomic E-state index is 11.7. The van der Waals surface area contributed by atoms with Gasteiger partial charge in [-0.05, 0) is 34.9 Å². The van der Waals surface area contributed by atoms with E-state index in [0.29, 0.717) is 5.00 Å². The van der Waals surface area contributed by atoms with Gasteiger partial charge in [0.15, 0.2) is 5.78 Å². The number of hydrogen-bond acceptors (Lipinski definition) is 5. The molecule has 2 heterocycles. The number of tetrazole rings is 1. The highest BCUT2D eigenvalue weighted by atomic mass is 32.1. The minimum Gasteiger partial charge on any atom is -0.298 e. The van der Waals surface area contributed by atoms with Crippen LogP contribution in [-0.2, 0) is 11.3 Å². The Hall–Kier alpha value is -1.76. The van der Waals surface area contributed by atoms with Gasteiger partial charge in [0.2, 0.25) is 0 Å². The van der Waals surface area contributed by atoms with Crippen LogP contribution in [-0.4, -0.2) is 25.6 Å². The molecule has 0 aliphatic carbocycles. The lowest BCUT2D eigenvalue weighted by Gasteiger charge is -1.91. The average Bonchev–Trinajstić information content (AvgIpc) is 2.76. The molecular formula is C8H8N4O2S. The molecule has 0 spiro atoms. The molecule has 0 aliphatic heterocycles. The number of carbonyl (C=O) groups excluding carboxylic acids is 1. The summed E-state index contributed by atoms with van der Waals surface area (Å²) < 4.78 is 2.22. The maximum absolute atomic E-state index is 11.7. The van der Waals surface area contributed by atoms with Crippen molar-refractivity contribution in [1.29, 1.82) is 0 Å². The lowest BCUT2D eigenvalue weighted by atomic mass is 10.5. The van der Waals surface area contributed by atoms with E-state index in [0.717, 1.165) is 4.68 Å². The molecule has 2 aromatic heterocycles. The number of nitrogens with zero attached hydrogens (tertiary/aromatic N) is 4. The van der Waals surface area contributed by atoms with E-state index in [2.05, 4.69) is 10.4 Å². The molecule has 0 aromatic carbocycles. The Balaban J connectivity index is 2.41. The minimum absolute atomic E-state index is 0.0375. The summed E-state index contributed by atoms with van der Waals surface area (Å²) in [7, 11) is 0. The highest BCUT2D eigenvalue weighted by Gasteiger charge is 2.10. The highest BCUT2D eigenvalue weighted by molar-refractivity contribution is 7.12. The molecule has 0 N–H and O–H groups in total. The summed E-state index contributed by atoms with van der Waals surface area (Å²) in [5.74, 6) is -0.129. The summed E-state index contributed by atoms with van der Waals surface area (Å²) >= 11 is 1.38. The third-order valence-electron chi connectivity index (χ3n) is 1.73. The van der Waals surface area contributed by atoms with Crippen molar-refractivity contribution in [3.63, 3.8) is 0 Å². The number of thiophene rings is 1. The smallest absolute Gasteiger partial charge is 0.298 e. The molecule has 0 bridgehead atoms. The van der Waals surface area contributed by atoms with E-state index < -0.39 is 5.69 Å². The second-order valence-electron chi connectivity index (χ2n) is 2.98. The monoisotopic (exact) mass is 224 g/mol. The Kier molecular flexibility index (Phi) is 2.46. The molecular weight excluding hydrogens is 216 g/mol. The molecule has 0 amide bonds. The van der Waals surface area contributed by atoms with Crippen molar-refractivity contribution in [2.24, 2.45) is 0 Å². The number of aromatic nitrogens is 4. The van der Waals surface area contributed by atoms with Crippen LogP contribution in [0.3, 0.4) is 0 Å². The predicted molar refractivity (Wildman–Crippen MR) is 54.2 cm³/mol. The van der Waals surface area contributed by atoms with Gasteiger partial charge in [-0.2, -0.15) is 9.36 Å². The molecule has 2 rings (SSSR count). The molecule has 0 fully saturated rings. The molecule has 0 unspecified atom stereocenters. The van der Waals surface area contributed by atoms with Crippen molar-refractivity contribution in [2.45, 2.75) is 13.5 Å². The zero-order valence-electron chi connectivity index (χ0n) is 7.95. The van der Waals surface area contributed by atoms with Gasteiger partial charge in [0.25, 0.3) is 0 Å². The van der Waals surface area contributed by atoms with Crippen LogP contribution in [0.1, 0.15) is 6.92 Å². The highest BCUT2D eigenvalue weighted by Crippen LogP contribution is 2.10. The van der Waals surface area contributed by atoms with Crippen molar-refractivity contribution in [1.82, 2.24) is 19.8 Å². The summed E-state index contributed by atoms with van der Waals surface area (Å²) in [4.78, 5) is 22.5. The first-order chi connectivity index (χ1) is 7.18. The Labute approximate surface area is 88.7 Å². The van der Waals surface area contributed by atoms with Crippen LogP contribution in [0.5, 0.6) is 0 Å². The van der Waals surface area contributed by atoms with E-state index >= 15 is 0 Å². The molecule has 6 nitrogen and oxygen atoms in total. The zero-order valence-corrected chi connectivity index (χ0v) is 8.77.